The number of nitrogens with one attached hydrogen (secondary N) is 1. The number of pyridine rings is 1. The average Bonchev–Trinajstić information content (AvgIpc) is 2.70. The molecule has 0 unspecified atom stereocenters. The van der Waals surface area contributed by atoms with Crippen molar-refractivity contribution < 1.29 is 4.74 Å². The molecule has 0 saturated heterocycles. The first-order valence-electron chi connectivity index (χ1n) is 3.90. The summed E-state index contributed by atoms with van der Waals surface area (Å²) >= 11 is 0. The SMILES string of the molecule is COc1cccnc1-c1ncc[nH]1. The summed E-state index contributed by atoms with van der Waals surface area (Å²) in [5, 5.41) is 0. The third kappa shape index (κ3) is 1.38. The van der Waals surface area contributed by atoms with Gasteiger partial charge in [-0.1, -0.05) is 0 Å². The first-order valence-corrected chi connectivity index (χ1v) is 3.90. The Morgan fingerprint density at radius 1 is 1.31 bits per heavy atom. The van der Waals surface area contributed by atoms with Crippen LogP contribution in [-0.2, 0) is 0 Å². The van der Waals surface area contributed by atoms with Gasteiger partial charge in [0.25, 0.3) is 0 Å². The molecule has 2 aromatic heterocycles. The number of methoxy groups -OCH3 is 1. The summed E-state index contributed by atoms with van der Waals surface area (Å²) in [7, 11) is 1.61. The zero-order chi connectivity index (χ0) is 9.10. The van der Waals surface area contributed by atoms with Gasteiger partial charge in [0.15, 0.2) is 5.82 Å². The molecular weight excluding hydrogens is 166 g/mol. The average molecular weight is 175 g/mol. The Labute approximate surface area is 75.6 Å². The Kier molecular flexibility index (Phi) is 1.96. The van der Waals surface area contributed by atoms with Crippen LogP contribution in [0.4, 0.5) is 0 Å². The molecule has 0 bridgehead atoms. The van der Waals surface area contributed by atoms with Gasteiger partial charge in [-0.3, -0.25) is 0 Å². The van der Waals surface area contributed by atoms with Crippen molar-refractivity contribution in [1.29, 1.82) is 0 Å². The number of aromatic amines is 1. The highest BCUT2D eigenvalue weighted by molar-refractivity contribution is 5.58. The summed E-state index contributed by atoms with van der Waals surface area (Å²) in [4.78, 5) is 11.2. The van der Waals surface area contributed by atoms with E-state index in [1.54, 1.807) is 25.7 Å². The second-order valence-corrected chi connectivity index (χ2v) is 2.49. The van der Waals surface area contributed by atoms with Crippen LogP contribution >= 0.6 is 0 Å². The molecule has 13 heavy (non-hydrogen) atoms. The van der Waals surface area contributed by atoms with E-state index in [1.165, 1.54) is 0 Å². The van der Waals surface area contributed by atoms with E-state index in [2.05, 4.69) is 15.0 Å². The van der Waals surface area contributed by atoms with Crippen molar-refractivity contribution in [1.82, 2.24) is 15.0 Å². The minimum atomic E-state index is 0.720. The van der Waals surface area contributed by atoms with Crippen LogP contribution in [0.15, 0.2) is 30.7 Å². The number of imidazole rings is 1. The van der Waals surface area contributed by atoms with Gasteiger partial charge in [-0.25, -0.2) is 9.97 Å². The first kappa shape index (κ1) is 7.79. The summed E-state index contributed by atoms with van der Waals surface area (Å²) in [6.07, 6.45) is 5.15. The van der Waals surface area contributed by atoms with Crippen molar-refractivity contribution in [2.24, 2.45) is 0 Å². The molecule has 0 aromatic carbocycles. The van der Waals surface area contributed by atoms with Crippen molar-refractivity contribution >= 4 is 0 Å². The van der Waals surface area contributed by atoms with Crippen LogP contribution in [0.3, 0.4) is 0 Å². The van der Waals surface area contributed by atoms with Gasteiger partial charge < -0.3 is 9.72 Å². The van der Waals surface area contributed by atoms with Crippen LogP contribution in [0, 0.1) is 0 Å². The van der Waals surface area contributed by atoms with E-state index >= 15 is 0 Å². The fourth-order valence-corrected chi connectivity index (χ4v) is 1.13. The Bertz CT molecular complexity index is 384. The number of hydrogen-bond donors (Lipinski definition) is 1. The van der Waals surface area contributed by atoms with Crippen molar-refractivity contribution in [3.63, 3.8) is 0 Å². The van der Waals surface area contributed by atoms with E-state index in [0.717, 1.165) is 17.3 Å². The van der Waals surface area contributed by atoms with Crippen LogP contribution in [0.5, 0.6) is 5.75 Å². The summed E-state index contributed by atoms with van der Waals surface area (Å²) in [6, 6.07) is 3.68. The van der Waals surface area contributed by atoms with Gasteiger partial charge in [-0.15, -0.1) is 0 Å². The van der Waals surface area contributed by atoms with Gasteiger partial charge in [0.2, 0.25) is 0 Å². The second-order valence-electron chi connectivity index (χ2n) is 2.49. The second kappa shape index (κ2) is 3.26. The van der Waals surface area contributed by atoms with Crippen LogP contribution in [-0.4, -0.2) is 22.1 Å². The summed E-state index contributed by atoms with van der Waals surface area (Å²) < 4.78 is 5.15. The van der Waals surface area contributed by atoms with Crippen molar-refractivity contribution in [3.8, 4) is 17.3 Å². The van der Waals surface area contributed by atoms with E-state index in [-0.39, 0.29) is 0 Å². The van der Waals surface area contributed by atoms with E-state index in [0.29, 0.717) is 0 Å². The van der Waals surface area contributed by atoms with Crippen LogP contribution in [0.25, 0.3) is 11.5 Å². The van der Waals surface area contributed by atoms with Gasteiger partial charge in [0.1, 0.15) is 11.4 Å². The molecular formula is C9H9N3O. The zero-order valence-electron chi connectivity index (χ0n) is 7.19. The Hall–Kier alpha value is -1.84. The molecule has 0 fully saturated rings. The number of nitrogens with zero attached hydrogens (tertiary/aromatic N) is 2. The van der Waals surface area contributed by atoms with Crippen LogP contribution in [0.2, 0.25) is 0 Å². The highest BCUT2D eigenvalue weighted by atomic mass is 16.5. The Balaban J connectivity index is 2.51. The monoisotopic (exact) mass is 175 g/mol. The molecule has 2 aromatic rings. The lowest BCUT2D eigenvalue weighted by Gasteiger charge is -2.03. The molecule has 2 heterocycles. The maximum Gasteiger partial charge on any atom is 0.159 e. The minimum Gasteiger partial charge on any atom is -0.494 e. The molecule has 2 rings (SSSR count). The maximum atomic E-state index is 5.15. The molecule has 0 amide bonds. The summed E-state index contributed by atoms with van der Waals surface area (Å²) in [5.74, 6) is 1.44. The third-order valence-corrected chi connectivity index (χ3v) is 1.71. The molecule has 1 N–H and O–H groups in total. The highest BCUT2D eigenvalue weighted by Gasteiger charge is 2.07. The lowest BCUT2D eigenvalue weighted by Crippen LogP contribution is -1.91. The molecule has 66 valence electrons. The first-order chi connectivity index (χ1) is 6.42. The molecule has 0 atom stereocenters. The lowest BCUT2D eigenvalue weighted by atomic mass is 10.3. The third-order valence-electron chi connectivity index (χ3n) is 1.71. The molecule has 0 radical (unpaired) electrons. The molecule has 0 aliphatic carbocycles. The van der Waals surface area contributed by atoms with E-state index in [1.807, 2.05) is 12.1 Å². The number of H-pyrrole nitrogens is 1. The van der Waals surface area contributed by atoms with E-state index in [4.69, 9.17) is 4.74 Å². The number of hydrogen-bond acceptors (Lipinski definition) is 3. The molecule has 0 saturated carbocycles. The summed E-state index contributed by atoms with van der Waals surface area (Å²) in [6.45, 7) is 0. The quantitative estimate of drug-likeness (QED) is 0.752. The highest BCUT2D eigenvalue weighted by Crippen LogP contribution is 2.23. The Morgan fingerprint density at radius 2 is 2.23 bits per heavy atom. The Morgan fingerprint density at radius 3 is 2.92 bits per heavy atom. The van der Waals surface area contributed by atoms with Crippen LogP contribution < -0.4 is 4.74 Å². The minimum absolute atomic E-state index is 0.720. The zero-order valence-corrected chi connectivity index (χ0v) is 7.19. The van der Waals surface area contributed by atoms with Gasteiger partial charge >= 0.3 is 0 Å². The van der Waals surface area contributed by atoms with Crippen molar-refractivity contribution in [2.45, 2.75) is 0 Å². The summed E-state index contributed by atoms with van der Waals surface area (Å²) in [5.41, 5.74) is 0.731. The van der Waals surface area contributed by atoms with E-state index in [9.17, 15) is 0 Å². The standard InChI is InChI=1S/C9H9N3O/c1-13-7-3-2-4-10-8(7)9-11-5-6-12-9/h2-6H,1H3,(H,11,12). The predicted octanol–water partition coefficient (Wildman–Crippen LogP) is 1.48. The van der Waals surface area contributed by atoms with Crippen LogP contribution in [0.1, 0.15) is 0 Å². The van der Waals surface area contributed by atoms with Gasteiger partial charge in [0.05, 0.1) is 7.11 Å². The van der Waals surface area contributed by atoms with E-state index < -0.39 is 0 Å². The van der Waals surface area contributed by atoms with Gasteiger partial charge in [0, 0.05) is 18.6 Å². The fraction of sp³-hybridized carbons (Fsp3) is 0.111. The number of ether oxygens (including phenoxy) is 1. The molecule has 0 spiro atoms. The number of rotatable bonds is 2. The fourth-order valence-electron chi connectivity index (χ4n) is 1.13. The molecule has 4 heteroatoms. The maximum absolute atomic E-state index is 5.15. The lowest BCUT2D eigenvalue weighted by molar-refractivity contribution is 0.414. The normalized spacial score (nSPS) is 9.92. The molecule has 0 aliphatic rings. The molecule has 4 nitrogen and oxygen atoms in total. The molecule has 0 aliphatic heterocycles. The van der Waals surface area contributed by atoms with Gasteiger partial charge in [-0.05, 0) is 12.1 Å². The predicted molar refractivity (Wildman–Crippen MR) is 48.4 cm³/mol. The van der Waals surface area contributed by atoms with Crippen molar-refractivity contribution in [3.05, 3.63) is 30.7 Å². The van der Waals surface area contributed by atoms with Gasteiger partial charge in [-0.2, -0.15) is 0 Å². The van der Waals surface area contributed by atoms with Crippen molar-refractivity contribution in [2.75, 3.05) is 7.11 Å². The smallest absolute Gasteiger partial charge is 0.159 e. The largest absolute Gasteiger partial charge is 0.494 e. The number of aromatic nitrogens is 3. The topological polar surface area (TPSA) is 50.8 Å².